The molecular formula is C74H67N7Na2O18S2. The summed E-state index contributed by atoms with van der Waals surface area (Å²) in [6.45, 7) is 10.5. The number of carbonyl (C=O) groups is 1. The number of nitrogen functional groups attached to an aromatic ring is 1. The number of guanidine groups is 2. The number of phenolic OH excluding ortho intramolecular Hbond substituents is 5. The first-order chi connectivity index (χ1) is 47.6. The van der Waals surface area contributed by atoms with Crippen molar-refractivity contribution in [1.29, 1.82) is 0 Å². The van der Waals surface area contributed by atoms with Crippen LogP contribution in [-0.2, 0) is 31.5 Å². The van der Waals surface area contributed by atoms with Crippen molar-refractivity contribution in [3.8, 4) is 51.4 Å². The molecule has 1 atom stereocenters. The third-order valence-electron chi connectivity index (χ3n) is 17.1. The number of nitrogens with two attached hydrogens (primary N) is 4. The van der Waals surface area contributed by atoms with E-state index in [0.29, 0.717) is 41.1 Å². The Bertz CT molecular complexity index is 5890. The van der Waals surface area contributed by atoms with Crippen molar-refractivity contribution in [2.75, 3.05) is 18.1 Å². The smallest absolute Gasteiger partial charge is 0.744 e. The van der Waals surface area contributed by atoms with Crippen LogP contribution in [0, 0.1) is 33.6 Å². The van der Waals surface area contributed by atoms with Gasteiger partial charge in [-0.25, -0.2) is 16.8 Å². The number of aryl methyl sites for hydroxylation is 2. The van der Waals surface area contributed by atoms with Crippen LogP contribution in [-0.4, -0.2) is 92.5 Å². The number of nitrogens with zero attached hydrogens (tertiary/aromatic N) is 2. The van der Waals surface area contributed by atoms with E-state index in [4.69, 9.17) is 31.8 Å². The summed E-state index contributed by atoms with van der Waals surface area (Å²) in [6, 6.07) is 40.6. The second kappa shape index (κ2) is 31.3. The topological polar surface area (TPSA) is 474 Å². The maximum atomic E-state index is 13.4. The summed E-state index contributed by atoms with van der Waals surface area (Å²) in [5.74, 6) is -1.88. The Morgan fingerprint density at radius 3 is 1.51 bits per heavy atom. The zero-order chi connectivity index (χ0) is 73.6. The molecule has 1 unspecified atom stereocenters. The number of carbonyl (C=O) groups excluding carboxylic acids is 1. The van der Waals surface area contributed by atoms with Gasteiger partial charge in [0, 0.05) is 80.5 Å². The molecule has 0 saturated heterocycles. The van der Waals surface area contributed by atoms with Crippen LogP contribution in [0.3, 0.4) is 0 Å². The van der Waals surface area contributed by atoms with Gasteiger partial charge in [-0.1, -0.05) is 117 Å². The molecule has 103 heavy (non-hydrogen) atoms. The zero-order valence-electron chi connectivity index (χ0n) is 57.1. The molecule has 29 heteroatoms. The van der Waals surface area contributed by atoms with Gasteiger partial charge in [0.15, 0.2) is 16.6 Å². The number of benzene rings is 11. The normalized spacial score (nSPS) is 12.1. The molecule has 0 fully saturated rings. The number of Topliss-reactive ketones (excluding diaryl/α,β-unsaturated/α-hetero) is 1. The Hall–Kier alpha value is -10.0. The van der Waals surface area contributed by atoms with Gasteiger partial charge in [0.25, 0.3) is 0 Å². The maximum absolute atomic E-state index is 13.4. The van der Waals surface area contributed by atoms with E-state index in [1.54, 1.807) is 34.7 Å². The summed E-state index contributed by atoms with van der Waals surface area (Å²) in [5, 5.41) is 83.5. The van der Waals surface area contributed by atoms with Gasteiger partial charge in [0.1, 0.15) is 93.9 Å². The molecule has 2 heterocycles. The van der Waals surface area contributed by atoms with Crippen molar-refractivity contribution in [1.82, 2.24) is 0 Å². The average molecular weight is 1450 g/mol. The molecule has 0 aliphatic heterocycles. The van der Waals surface area contributed by atoms with Gasteiger partial charge in [0.2, 0.25) is 11.9 Å². The molecule has 0 spiro atoms. The Balaban J connectivity index is 0.000000184. The molecule has 0 aliphatic rings. The van der Waals surface area contributed by atoms with E-state index >= 15 is 0 Å². The van der Waals surface area contributed by atoms with Gasteiger partial charge < -0.3 is 81.9 Å². The second-order valence-corrected chi connectivity index (χ2v) is 26.9. The van der Waals surface area contributed by atoms with E-state index < -0.39 is 75.3 Å². The fraction of sp³-hybridized carbons (Fsp3) is 0.149. The van der Waals surface area contributed by atoms with Crippen LogP contribution in [0.15, 0.2) is 184 Å². The van der Waals surface area contributed by atoms with Crippen molar-refractivity contribution in [2.45, 2.75) is 70.2 Å². The van der Waals surface area contributed by atoms with E-state index in [1.807, 2.05) is 42.5 Å². The minimum Gasteiger partial charge on any atom is -0.744 e. The first-order valence-electron chi connectivity index (χ1n) is 30.9. The summed E-state index contributed by atoms with van der Waals surface area (Å²) in [5.41, 5.74) is 22.7. The molecule has 13 rings (SSSR count). The summed E-state index contributed by atoms with van der Waals surface area (Å²) >= 11 is 0. The molecule has 11 aromatic carbocycles. The number of rotatable bonds is 9. The van der Waals surface area contributed by atoms with Crippen molar-refractivity contribution < 1.29 is 134 Å². The summed E-state index contributed by atoms with van der Waals surface area (Å²) < 4.78 is 78.3. The van der Waals surface area contributed by atoms with Gasteiger partial charge in [-0.15, -0.1) is 0 Å². The number of ketones is 1. The molecular weight excluding hydrogens is 1380 g/mol. The number of phenols is 5. The van der Waals surface area contributed by atoms with Crippen molar-refractivity contribution in [3.05, 3.63) is 194 Å². The van der Waals surface area contributed by atoms with Crippen LogP contribution in [0.25, 0.3) is 97.7 Å². The quantitative estimate of drug-likeness (QED) is 0.0166. The fourth-order valence-corrected chi connectivity index (χ4v) is 13.4. The number of hydrogen-bond donors (Lipinski definition) is 12. The summed E-state index contributed by atoms with van der Waals surface area (Å²) in [7, 11) is -8.61. The van der Waals surface area contributed by atoms with E-state index in [2.05, 4.69) is 83.7 Å². The van der Waals surface area contributed by atoms with Crippen LogP contribution in [0.5, 0.6) is 40.2 Å². The number of aliphatic imine (C=N–C) groups is 2. The molecule has 0 radical (unpaired) electrons. The van der Waals surface area contributed by atoms with E-state index in [-0.39, 0.29) is 160 Å². The number of hydrogen-bond acceptors (Lipinski definition) is 21. The number of aromatic hydroxyl groups is 7. The van der Waals surface area contributed by atoms with Gasteiger partial charge in [0.05, 0.1) is 32.3 Å². The van der Waals surface area contributed by atoms with E-state index in [1.165, 1.54) is 34.4 Å². The van der Waals surface area contributed by atoms with Crippen LogP contribution in [0.2, 0.25) is 0 Å². The average Bonchev–Trinajstić information content (AvgIpc) is 0.705. The first-order valence-corrected chi connectivity index (χ1v) is 33.7. The fourth-order valence-electron chi connectivity index (χ4n) is 12.0. The zero-order valence-corrected chi connectivity index (χ0v) is 62.7. The van der Waals surface area contributed by atoms with Crippen molar-refractivity contribution in [2.24, 2.45) is 33.1 Å². The monoisotopic (exact) mass is 1450 g/mol. The SMILES string of the molecule is CC(C)CC(N)C(=O)Cc1ccc2ccccc2c1.CN=C(N)N=C(N)Nc1cc2ccccc2c2ccccc12.Cc1oc2cc3c(-c4c(=O)cc(O)c5c(O)c6c(O)c(C)c(C)oc6cc45)c(=O)cc(O)c3c(O)c2c(O)c1C.Nc1c(S(=O)(=O)[O-])cc(S(=O)(=O)[O-])c2cccc(O)c12.[Na+].[Na+]. The molecule has 0 bridgehead atoms. The summed E-state index contributed by atoms with van der Waals surface area (Å²) in [6.07, 6.45) is 1.19. The van der Waals surface area contributed by atoms with Crippen molar-refractivity contribution in [3.63, 3.8) is 0 Å². The minimum atomic E-state index is -5.11. The Labute approximate surface area is 632 Å². The van der Waals surface area contributed by atoms with Gasteiger partial charge in [-0.2, -0.15) is 4.99 Å². The molecule has 25 nitrogen and oxygen atoms in total. The molecule has 0 aliphatic carbocycles. The second-order valence-electron chi connectivity index (χ2n) is 24.2. The third-order valence-corrected chi connectivity index (χ3v) is 18.8. The number of anilines is 2. The number of nitrogens with one attached hydrogen (secondary N) is 1. The Kier molecular flexibility index (Phi) is 23.9. The molecule has 0 amide bonds. The maximum Gasteiger partial charge on any atom is 1.00 e. The number of fused-ring (bicyclic) bond motifs is 9. The molecule has 2 aromatic heterocycles. The molecule has 520 valence electrons. The summed E-state index contributed by atoms with van der Waals surface area (Å²) in [4.78, 5) is 44.7. The van der Waals surface area contributed by atoms with E-state index in [0.717, 1.165) is 58.1 Å². The van der Waals surface area contributed by atoms with Crippen LogP contribution in [0.1, 0.15) is 48.5 Å². The third kappa shape index (κ3) is 16.0. The Morgan fingerprint density at radius 2 is 1.01 bits per heavy atom. The van der Waals surface area contributed by atoms with Gasteiger partial charge in [-0.3, -0.25) is 19.4 Å². The van der Waals surface area contributed by atoms with Gasteiger partial charge in [-0.05, 0) is 103 Å². The predicted molar refractivity (Wildman–Crippen MR) is 388 cm³/mol. The Morgan fingerprint density at radius 1 is 0.534 bits per heavy atom. The molecule has 0 saturated carbocycles. The minimum absolute atomic E-state index is 0. The standard InChI is InChI=1S/C30H22O10.C17H17N5.C17H21NO.C10H9NO7S2.2Na/c1-9-11(3)39-19-5-13-21(15(31)7-17(33)23(13)29(37)25(19)27(9)35)22-14-6-20-26(28(36)10(2)12(4)40-20)30(38)24(14)18(34)8-16(22)32;1-20-16(18)22-17(19)21-15-10-11-6-2-3-7-12(11)13-8-4-5-9-14(13)15;1-12(2)9-16(18)17(19)11-13-7-8-14-5-3-4-6-15(14)10-13;11-10-8(20(16,17)18)4-7(19(13,14)15)5-2-1-3-6(12)9(5)10;;/h5-8,33-38H,1-4H3;2-10H,1H3,(H5,18,19,20,21,22);3-8,10,12,16H,9,11,18H2,1-2H3;1-4,12H,11H2,(H,13,14,15)(H,16,17,18);;/q;;;;2*+1/p-2. The predicted octanol–water partition coefficient (Wildman–Crippen LogP) is 5.27. The van der Waals surface area contributed by atoms with Crippen LogP contribution in [0.4, 0.5) is 11.4 Å². The van der Waals surface area contributed by atoms with Crippen molar-refractivity contribution >= 4 is 136 Å². The van der Waals surface area contributed by atoms with Gasteiger partial charge >= 0.3 is 59.1 Å². The first kappa shape index (κ1) is 78.7. The van der Waals surface area contributed by atoms with Crippen LogP contribution >= 0.6 is 0 Å². The van der Waals surface area contributed by atoms with Crippen LogP contribution < -0.4 is 98.2 Å². The molecule has 16 N–H and O–H groups in total. The van der Waals surface area contributed by atoms with E-state index in [9.17, 15) is 76.1 Å². The molecule has 13 aromatic rings. The largest absolute Gasteiger partial charge is 1.00 e.